The Bertz CT molecular complexity index is 508. The highest BCUT2D eigenvalue weighted by Crippen LogP contribution is 2.32. The van der Waals surface area contributed by atoms with Gasteiger partial charge in [-0.2, -0.15) is 5.26 Å². The predicted molar refractivity (Wildman–Crippen MR) is 84.9 cm³/mol. The van der Waals surface area contributed by atoms with Crippen LogP contribution in [-0.4, -0.2) is 0 Å². The molecule has 1 aromatic rings. The summed E-state index contributed by atoms with van der Waals surface area (Å²) in [4.78, 5) is 0. The van der Waals surface area contributed by atoms with Gasteiger partial charge in [-0.1, -0.05) is 35.3 Å². The van der Waals surface area contributed by atoms with E-state index in [1.165, 1.54) is 37.7 Å². The maximum atomic E-state index is 8.86. The predicted octanol–water partition coefficient (Wildman–Crippen LogP) is 5.70. The Balaban J connectivity index is 1.82. The van der Waals surface area contributed by atoms with Crippen LogP contribution in [0.1, 0.15) is 43.2 Å². The summed E-state index contributed by atoms with van der Waals surface area (Å²) in [7, 11) is 0. The molecule has 0 spiro atoms. The third kappa shape index (κ3) is 4.27. The molecule has 20 heavy (non-hydrogen) atoms. The molecule has 1 aromatic carbocycles. The van der Waals surface area contributed by atoms with Gasteiger partial charge in [0.05, 0.1) is 10.6 Å². The van der Waals surface area contributed by atoms with Crippen LogP contribution in [-0.2, 0) is 6.42 Å². The summed E-state index contributed by atoms with van der Waals surface area (Å²) in [5.41, 5.74) is 3.45. The summed E-state index contributed by atoms with van der Waals surface area (Å²) in [6, 6.07) is 7.87. The molecular weight excluding hydrogens is 289 g/mol. The summed E-state index contributed by atoms with van der Waals surface area (Å²) >= 11 is 11.7. The van der Waals surface area contributed by atoms with Gasteiger partial charge in [0.2, 0.25) is 0 Å². The van der Waals surface area contributed by atoms with Crippen LogP contribution in [0.4, 0.5) is 0 Å². The molecule has 1 aliphatic carbocycles. The van der Waals surface area contributed by atoms with E-state index < -0.39 is 0 Å². The van der Waals surface area contributed by atoms with Gasteiger partial charge in [-0.3, -0.25) is 0 Å². The van der Waals surface area contributed by atoms with Crippen molar-refractivity contribution in [3.63, 3.8) is 0 Å². The highest BCUT2D eigenvalue weighted by molar-refractivity contribution is 6.31. The quantitative estimate of drug-likeness (QED) is 0.699. The summed E-state index contributed by atoms with van der Waals surface area (Å²) in [6.45, 7) is 0. The number of nitrogens with zero attached hydrogens (tertiary/aromatic N) is 1. The van der Waals surface area contributed by atoms with E-state index in [1.54, 1.807) is 5.54 Å². The molecule has 0 radical (unpaired) electrons. The van der Waals surface area contributed by atoms with Crippen molar-refractivity contribution in [2.75, 3.05) is 0 Å². The molecule has 0 aliphatic heterocycles. The fourth-order valence-corrected chi connectivity index (χ4v) is 3.40. The van der Waals surface area contributed by atoms with E-state index in [4.69, 9.17) is 28.5 Å². The number of hydrogen-bond donors (Lipinski definition) is 0. The molecule has 106 valence electrons. The monoisotopic (exact) mass is 307 g/mol. The standard InChI is InChI=1S/C17H19Cl2N/c18-10-9-14-3-1-13(2-4-14)5-6-15-7-8-16(12-20)17(19)11-15/h7-11,13-14H,1-6H2/b10-9+. The maximum absolute atomic E-state index is 8.86. The van der Waals surface area contributed by atoms with Gasteiger partial charge >= 0.3 is 0 Å². The molecule has 1 fully saturated rings. The third-order valence-corrected chi connectivity index (χ3v) is 4.69. The van der Waals surface area contributed by atoms with Crippen molar-refractivity contribution in [1.82, 2.24) is 0 Å². The second kappa shape index (κ2) is 7.72. The van der Waals surface area contributed by atoms with Crippen molar-refractivity contribution in [2.45, 2.75) is 38.5 Å². The lowest BCUT2D eigenvalue weighted by molar-refractivity contribution is 0.296. The second-order valence-corrected chi connectivity index (χ2v) is 6.22. The van der Waals surface area contributed by atoms with Crippen LogP contribution in [0.15, 0.2) is 29.8 Å². The van der Waals surface area contributed by atoms with Crippen LogP contribution in [0, 0.1) is 23.2 Å². The molecular formula is C17H19Cl2N. The molecule has 1 nitrogen and oxygen atoms in total. The Labute approximate surface area is 131 Å². The molecule has 1 saturated carbocycles. The Morgan fingerprint density at radius 1 is 1.25 bits per heavy atom. The van der Waals surface area contributed by atoms with Crippen LogP contribution in [0.25, 0.3) is 0 Å². The Hall–Kier alpha value is -0.970. The van der Waals surface area contributed by atoms with Crippen LogP contribution < -0.4 is 0 Å². The topological polar surface area (TPSA) is 23.8 Å². The lowest BCUT2D eigenvalue weighted by Gasteiger charge is -2.26. The maximum Gasteiger partial charge on any atom is 0.101 e. The van der Waals surface area contributed by atoms with E-state index in [0.29, 0.717) is 16.5 Å². The van der Waals surface area contributed by atoms with Crippen molar-refractivity contribution in [1.29, 1.82) is 5.26 Å². The van der Waals surface area contributed by atoms with Gasteiger partial charge < -0.3 is 0 Å². The fraction of sp³-hybridized carbons (Fsp3) is 0.471. The average Bonchev–Trinajstić information content (AvgIpc) is 2.47. The number of hydrogen-bond acceptors (Lipinski definition) is 1. The lowest BCUT2D eigenvalue weighted by Crippen LogP contribution is -2.13. The Kier molecular flexibility index (Phi) is 5.95. The minimum Gasteiger partial charge on any atom is -0.192 e. The van der Waals surface area contributed by atoms with Gasteiger partial charge in [-0.05, 0) is 68.1 Å². The van der Waals surface area contributed by atoms with Crippen molar-refractivity contribution in [2.24, 2.45) is 11.8 Å². The van der Waals surface area contributed by atoms with Crippen LogP contribution in [0.3, 0.4) is 0 Å². The third-order valence-electron chi connectivity index (χ3n) is 4.23. The van der Waals surface area contributed by atoms with Gasteiger partial charge in [-0.25, -0.2) is 0 Å². The minimum absolute atomic E-state index is 0.559. The Morgan fingerprint density at radius 2 is 2.00 bits per heavy atom. The zero-order chi connectivity index (χ0) is 14.4. The summed E-state index contributed by atoms with van der Waals surface area (Å²) in [6.07, 6.45) is 9.46. The number of rotatable bonds is 4. The summed E-state index contributed by atoms with van der Waals surface area (Å²) < 4.78 is 0. The van der Waals surface area contributed by atoms with Crippen LogP contribution in [0.5, 0.6) is 0 Å². The molecule has 3 heteroatoms. The van der Waals surface area contributed by atoms with Gasteiger partial charge in [0.25, 0.3) is 0 Å². The van der Waals surface area contributed by atoms with Gasteiger partial charge in [0.1, 0.15) is 6.07 Å². The summed E-state index contributed by atoms with van der Waals surface area (Å²) in [5.74, 6) is 1.48. The molecule has 0 bridgehead atoms. The normalized spacial score (nSPS) is 22.9. The zero-order valence-electron chi connectivity index (χ0n) is 11.5. The van der Waals surface area contributed by atoms with Gasteiger partial charge in [0, 0.05) is 5.54 Å². The lowest BCUT2D eigenvalue weighted by atomic mass is 9.79. The SMILES string of the molecule is N#Cc1ccc(CCC2CCC(/C=C/Cl)CC2)cc1Cl. The average molecular weight is 308 g/mol. The van der Waals surface area contributed by atoms with Crippen molar-refractivity contribution in [3.8, 4) is 6.07 Å². The zero-order valence-corrected chi connectivity index (χ0v) is 13.0. The van der Waals surface area contributed by atoms with Crippen molar-refractivity contribution >= 4 is 23.2 Å². The van der Waals surface area contributed by atoms with Gasteiger partial charge in [0.15, 0.2) is 0 Å². The molecule has 0 atom stereocenters. The van der Waals surface area contributed by atoms with E-state index in [1.807, 2.05) is 18.2 Å². The first kappa shape index (κ1) is 15.4. The highest BCUT2D eigenvalue weighted by atomic mass is 35.5. The molecule has 0 N–H and O–H groups in total. The van der Waals surface area contributed by atoms with Crippen molar-refractivity contribution < 1.29 is 0 Å². The molecule has 0 amide bonds. The van der Waals surface area contributed by atoms with Crippen LogP contribution in [0.2, 0.25) is 5.02 Å². The van der Waals surface area contributed by atoms with E-state index in [9.17, 15) is 0 Å². The number of halogens is 2. The fourth-order valence-electron chi connectivity index (χ4n) is 2.95. The molecule has 0 aromatic heterocycles. The molecule has 0 unspecified atom stereocenters. The van der Waals surface area contributed by atoms with Crippen LogP contribution >= 0.6 is 23.2 Å². The number of allylic oxidation sites excluding steroid dienone is 1. The molecule has 1 aliphatic rings. The van der Waals surface area contributed by atoms with Gasteiger partial charge in [-0.15, -0.1) is 0 Å². The molecule has 0 saturated heterocycles. The van der Waals surface area contributed by atoms with E-state index >= 15 is 0 Å². The highest BCUT2D eigenvalue weighted by Gasteiger charge is 2.19. The van der Waals surface area contributed by atoms with Crippen molar-refractivity contribution in [3.05, 3.63) is 46.0 Å². The molecule has 0 heterocycles. The number of nitriles is 1. The molecule has 2 rings (SSSR count). The number of benzene rings is 1. The van der Waals surface area contributed by atoms with E-state index in [-0.39, 0.29) is 0 Å². The smallest absolute Gasteiger partial charge is 0.101 e. The Morgan fingerprint density at radius 3 is 2.60 bits per heavy atom. The second-order valence-electron chi connectivity index (χ2n) is 5.56. The first-order valence-electron chi connectivity index (χ1n) is 7.18. The minimum atomic E-state index is 0.559. The number of aryl methyl sites for hydroxylation is 1. The first-order chi connectivity index (χ1) is 9.72. The largest absolute Gasteiger partial charge is 0.192 e. The summed E-state index contributed by atoms with van der Waals surface area (Å²) in [5, 5.41) is 9.43. The first-order valence-corrected chi connectivity index (χ1v) is 7.99. The van der Waals surface area contributed by atoms with E-state index in [2.05, 4.69) is 12.1 Å². The van der Waals surface area contributed by atoms with E-state index in [0.717, 1.165) is 12.3 Å².